The van der Waals surface area contributed by atoms with Crippen molar-refractivity contribution in [2.75, 3.05) is 33.2 Å². The second-order valence-corrected chi connectivity index (χ2v) is 7.01. The number of aromatic nitrogens is 2. The van der Waals surface area contributed by atoms with Crippen LogP contribution in [0, 0.1) is 0 Å². The summed E-state index contributed by atoms with van der Waals surface area (Å²) in [6, 6.07) is 13.8. The van der Waals surface area contributed by atoms with Crippen molar-refractivity contribution >= 4 is 23.0 Å². The monoisotopic (exact) mass is 426 g/mol. The van der Waals surface area contributed by atoms with Gasteiger partial charge in [-0.05, 0) is 54.0 Å². The van der Waals surface area contributed by atoms with Gasteiger partial charge in [0.2, 0.25) is 0 Å². The molecule has 2 N–H and O–H groups in total. The lowest BCUT2D eigenvalue weighted by atomic mass is 10.1. The number of thiocarbonyl (C=S) groups is 1. The normalized spacial score (nSPS) is 10.4. The lowest BCUT2D eigenvalue weighted by molar-refractivity contribution is 0.354. The summed E-state index contributed by atoms with van der Waals surface area (Å²) in [4.78, 5) is 0. The van der Waals surface area contributed by atoms with Gasteiger partial charge in [0, 0.05) is 12.7 Å². The smallest absolute Gasteiger partial charge is 0.170 e. The van der Waals surface area contributed by atoms with Crippen molar-refractivity contribution < 1.29 is 14.2 Å². The number of benzene rings is 2. The minimum absolute atomic E-state index is 0.552. The molecular formula is C22H26N4O3S. The number of nitrogens with one attached hydrogen (secondary N) is 2. The molecule has 0 fully saturated rings. The lowest BCUT2D eigenvalue weighted by Gasteiger charge is -2.11. The van der Waals surface area contributed by atoms with E-state index in [0.717, 1.165) is 40.5 Å². The highest BCUT2D eigenvalue weighted by Gasteiger charge is 2.06. The highest BCUT2D eigenvalue weighted by Crippen LogP contribution is 2.27. The average molecular weight is 427 g/mol. The van der Waals surface area contributed by atoms with Crippen LogP contribution in [0.25, 0.3) is 0 Å². The molecule has 0 atom stereocenters. The molecule has 0 unspecified atom stereocenters. The van der Waals surface area contributed by atoms with E-state index in [1.54, 1.807) is 27.5 Å². The zero-order valence-electron chi connectivity index (χ0n) is 17.3. The Morgan fingerprint density at radius 1 is 1.00 bits per heavy atom. The molecule has 30 heavy (non-hydrogen) atoms. The second-order valence-electron chi connectivity index (χ2n) is 6.60. The zero-order chi connectivity index (χ0) is 21.3. The van der Waals surface area contributed by atoms with Crippen LogP contribution in [0.3, 0.4) is 0 Å². The van der Waals surface area contributed by atoms with Crippen molar-refractivity contribution in [3.63, 3.8) is 0 Å². The minimum atomic E-state index is 0.552. The molecule has 0 aliphatic heterocycles. The fraction of sp³-hybridized carbons (Fsp3) is 0.273. The number of rotatable bonds is 9. The first kappa shape index (κ1) is 21.4. The number of methoxy groups -OCH3 is 3. The highest BCUT2D eigenvalue weighted by molar-refractivity contribution is 7.80. The Balaban J connectivity index is 1.47. The Morgan fingerprint density at radius 3 is 2.60 bits per heavy atom. The fourth-order valence-electron chi connectivity index (χ4n) is 3.00. The van der Waals surface area contributed by atoms with E-state index in [1.165, 1.54) is 0 Å². The van der Waals surface area contributed by atoms with Gasteiger partial charge in [-0.3, -0.25) is 4.68 Å². The van der Waals surface area contributed by atoms with E-state index in [4.69, 9.17) is 26.4 Å². The SMILES string of the molecule is COc1cccc(Cn2cc(NC(=S)NCCc3ccc(OC)c(OC)c3)cn2)c1. The topological polar surface area (TPSA) is 69.6 Å². The molecule has 0 spiro atoms. The van der Waals surface area contributed by atoms with Gasteiger partial charge in [0.25, 0.3) is 0 Å². The molecule has 0 aliphatic carbocycles. The van der Waals surface area contributed by atoms with Crippen LogP contribution < -0.4 is 24.8 Å². The summed E-state index contributed by atoms with van der Waals surface area (Å²) in [5, 5.41) is 11.3. The van der Waals surface area contributed by atoms with Crippen molar-refractivity contribution in [3.05, 3.63) is 66.0 Å². The number of ether oxygens (including phenoxy) is 3. The van der Waals surface area contributed by atoms with Crippen LogP contribution in [0.1, 0.15) is 11.1 Å². The molecule has 158 valence electrons. The first-order valence-electron chi connectivity index (χ1n) is 9.52. The maximum atomic E-state index is 5.39. The Kier molecular flexibility index (Phi) is 7.51. The van der Waals surface area contributed by atoms with Crippen LogP contribution in [0.4, 0.5) is 5.69 Å². The highest BCUT2D eigenvalue weighted by atomic mass is 32.1. The zero-order valence-corrected chi connectivity index (χ0v) is 18.2. The maximum Gasteiger partial charge on any atom is 0.170 e. The molecule has 0 amide bonds. The predicted octanol–water partition coefficient (Wildman–Crippen LogP) is 3.49. The van der Waals surface area contributed by atoms with E-state index in [2.05, 4.69) is 15.7 Å². The third kappa shape index (κ3) is 5.87. The van der Waals surface area contributed by atoms with Gasteiger partial charge < -0.3 is 24.8 Å². The van der Waals surface area contributed by atoms with E-state index in [0.29, 0.717) is 18.2 Å². The summed E-state index contributed by atoms with van der Waals surface area (Å²) in [6.07, 6.45) is 4.47. The van der Waals surface area contributed by atoms with Crippen LogP contribution in [-0.4, -0.2) is 42.8 Å². The number of nitrogens with zero attached hydrogens (tertiary/aromatic N) is 2. The molecule has 3 aromatic rings. The Morgan fingerprint density at radius 2 is 1.83 bits per heavy atom. The quantitative estimate of drug-likeness (QED) is 0.508. The molecule has 3 rings (SSSR count). The second kappa shape index (κ2) is 10.5. The van der Waals surface area contributed by atoms with Crippen molar-refractivity contribution in [3.8, 4) is 17.2 Å². The van der Waals surface area contributed by atoms with Gasteiger partial charge in [-0.25, -0.2) is 0 Å². The third-order valence-electron chi connectivity index (χ3n) is 4.52. The molecule has 0 bridgehead atoms. The van der Waals surface area contributed by atoms with Crippen molar-refractivity contribution in [1.29, 1.82) is 0 Å². The van der Waals surface area contributed by atoms with Crippen LogP contribution in [0.15, 0.2) is 54.9 Å². The summed E-state index contributed by atoms with van der Waals surface area (Å²) in [6.45, 7) is 1.34. The largest absolute Gasteiger partial charge is 0.497 e. The van der Waals surface area contributed by atoms with Crippen LogP contribution in [0.5, 0.6) is 17.2 Å². The molecule has 0 radical (unpaired) electrons. The lowest BCUT2D eigenvalue weighted by Crippen LogP contribution is -2.30. The van der Waals surface area contributed by atoms with E-state index in [-0.39, 0.29) is 0 Å². The standard InChI is InChI=1S/C22H26N4O3S/c1-27-19-6-4-5-17(11-19)14-26-15-18(13-24-26)25-22(30)23-10-9-16-7-8-20(28-2)21(12-16)29-3/h4-8,11-13,15H,9-10,14H2,1-3H3,(H2,23,25,30). The minimum Gasteiger partial charge on any atom is -0.497 e. The van der Waals surface area contributed by atoms with Gasteiger partial charge in [-0.15, -0.1) is 0 Å². The molecule has 0 aliphatic rings. The molecular weight excluding hydrogens is 400 g/mol. The van der Waals surface area contributed by atoms with Gasteiger partial charge >= 0.3 is 0 Å². The Labute approximate surface area is 182 Å². The maximum absolute atomic E-state index is 5.39. The van der Waals surface area contributed by atoms with Gasteiger partial charge in [0.15, 0.2) is 16.6 Å². The number of hydrogen-bond donors (Lipinski definition) is 2. The molecule has 0 saturated carbocycles. The van der Waals surface area contributed by atoms with Crippen molar-refractivity contribution in [2.24, 2.45) is 0 Å². The number of anilines is 1. The Hall–Kier alpha value is -3.26. The van der Waals surface area contributed by atoms with Crippen LogP contribution in [0.2, 0.25) is 0 Å². The summed E-state index contributed by atoms with van der Waals surface area (Å²) < 4.78 is 17.7. The molecule has 1 heterocycles. The van der Waals surface area contributed by atoms with Crippen LogP contribution in [-0.2, 0) is 13.0 Å². The summed E-state index contributed by atoms with van der Waals surface area (Å²) >= 11 is 5.39. The summed E-state index contributed by atoms with van der Waals surface area (Å²) in [5.41, 5.74) is 3.08. The van der Waals surface area contributed by atoms with E-state index in [1.807, 2.05) is 53.3 Å². The first-order valence-corrected chi connectivity index (χ1v) is 9.93. The van der Waals surface area contributed by atoms with E-state index < -0.39 is 0 Å². The third-order valence-corrected chi connectivity index (χ3v) is 4.76. The van der Waals surface area contributed by atoms with Gasteiger partial charge in [-0.1, -0.05) is 18.2 Å². The average Bonchev–Trinajstić information content (AvgIpc) is 3.20. The molecule has 7 nitrogen and oxygen atoms in total. The van der Waals surface area contributed by atoms with Gasteiger partial charge in [0.05, 0.1) is 39.8 Å². The van der Waals surface area contributed by atoms with Crippen LogP contribution >= 0.6 is 12.2 Å². The molecule has 1 aromatic heterocycles. The van der Waals surface area contributed by atoms with Crippen molar-refractivity contribution in [1.82, 2.24) is 15.1 Å². The van der Waals surface area contributed by atoms with Crippen molar-refractivity contribution in [2.45, 2.75) is 13.0 Å². The van der Waals surface area contributed by atoms with Gasteiger partial charge in [0.1, 0.15) is 5.75 Å². The molecule has 0 saturated heterocycles. The summed E-state index contributed by atoms with van der Waals surface area (Å²) in [5.74, 6) is 2.27. The Bertz CT molecular complexity index is 990. The fourth-order valence-corrected chi connectivity index (χ4v) is 3.22. The predicted molar refractivity (Wildman–Crippen MR) is 122 cm³/mol. The number of hydrogen-bond acceptors (Lipinski definition) is 5. The van der Waals surface area contributed by atoms with Gasteiger partial charge in [-0.2, -0.15) is 5.10 Å². The molecule has 2 aromatic carbocycles. The molecule has 8 heteroatoms. The first-order chi connectivity index (χ1) is 14.6. The summed E-state index contributed by atoms with van der Waals surface area (Å²) in [7, 11) is 4.92. The van der Waals surface area contributed by atoms with E-state index in [9.17, 15) is 0 Å². The van der Waals surface area contributed by atoms with E-state index >= 15 is 0 Å².